The summed E-state index contributed by atoms with van der Waals surface area (Å²) in [5.41, 5.74) is 3.11. The Balaban J connectivity index is 2.53. The zero-order chi connectivity index (χ0) is 15.4. The van der Waals surface area contributed by atoms with Gasteiger partial charge in [-0.1, -0.05) is 32.0 Å². The number of nitrogens with one attached hydrogen (secondary N) is 1. The minimum Gasteiger partial charge on any atom is -0.380 e. The number of hydrogen-bond acceptors (Lipinski definition) is 4. The van der Waals surface area contributed by atoms with Crippen molar-refractivity contribution in [2.45, 2.75) is 26.4 Å². The molecule has 0 spiro atoms. The van der Waals surface area contributed by atoms with Gasteiger partial charge in [-0.25, -0.2) is 9.97 Å². The van der Waals surface area contributed by atoms with Crippen LogP contribution in [0.5, 0.6) is 0 Å². The van der Waals surface area contributed by atoms with Crippen LogP contribution in [0.4, 0.5) is 5.82 Å². The topological polar surface area (TPSA) is 47.0 Å². The van der Waals surface area contributed by atoms with Crippen LogP contribution in [-0.2, 0) is 11.3 Å². The molecule has 21 heavy (non-hydrogen) atoms. The molecule has 0 unspecified atom stereocenters. The second-order valence-corrected chi connectivity index (χ2v) is 5.93. The predicted molar refractivity (Wildman–Crippen MR) is 89.5 cm³/mol. The lowest BCUT2D eigenvalue weighted by atomic mass is 10.1. The van der Waals surface area contributed by atoms with Crippen molar-refractivity contribution in [3.63, 3.8) is 0 Å². The van der Waals surface area contributed by atoms with E-state index in [4.69, 9.17) is 9.72 Å². The van der Waals surface area contributed by atoms with Crippen LogP contribution < -0.4 is 5.32 Å². The minimum absolute atomic E-state index is 0.315. The molecule has 1 N–H and O–H groups in total. The monoisotopic (exact) mass is 349 g/mol. The Morgan fingerprint density at radius 1 is 1.29 bits per heavy atom. The first-order valence-corrected chi connectivity index (χ1v) is 7.69. The molecule has 0 fully saturated rings. The number of hydrogen-bond donors (Lipinski definition) is 1. The summed E-state index contributed by atoms with van der Waals surface area (Å²) < 4.78 is 6.11. The van der Waals surface area contributed by atoms with Gasteiger partial charge in [0.15, 0.2) is 5.82 Å². The minimum atomic E-state index is 0.315. The van der Waals surface area contributed by atoms with Crippen molar-refractivity contribution < 1.29 is 4.74 Å². The van der Waals surface area contributed by atoms with Crippen molar-refractivity contribution in [2.24, 2.45) is 0 Å². The zero-order valence-corrected chi connectivity index (χ0v) is 14.4. The Morgan fingerprint density at radius 3 is 2.67 bits per heavy atom. The van der Waals surface area contributed by atoms with E-state index in [2.05, 4.69) is 46.1 Å². The Morgan fingerprint density at radius 2 is 2.05 bits per heavy atom. The lowest BCUT2D eigenvalue weighted by Gasteiger charge is -2.14. The number of ether oxygens (including phenoxy) is 1. The van der Waals surface area contributed by atoms with Crippen molar-refractivity contribution in [3.05, 3.63) is 40.0 Å². The number of anilines is 1. The average Bonchev–Trinajstić information content (AvgIpc) is 2.48. The van der Waals surface area contributed by atoms with Crippen LogP contribution in [0.1, 0.15) is 31.0 Å². The van der Waals surface area contributed by atoms with Crippen LogP contribution in [-0.4, -0.2) is 24.1 Å². The Kier molecular flexibility index (Phi) is 5.31. The zero-order valence-electron chi connectivity index (χ0n) is 12.8. The molecule has 0 atom stereocenters. The van der Waals surface area contributed by atoms with Crippen molar-refractivity contribution in [1.82, 2.24) is 9.97 Å². The fourth-order valence-electron chi connectivity index (χ4n) is 2.11. The molecule has 112 valence electrons. The van der Waals surface area contributed by atoms with Crippen LogP contribution in [0.25, 0.3) is 11.4 Å². The SMILES string of the molecule is CNc1nc(-c2cccc(COC)c2)nc(C(C)C)c1Br. The van der Waals surface area contributed by atoms with Crippen molar-refractivity contribution in [2.75, 3.05) is 19.5 Å². The second kappa shape index (κ2) is 7.00. The van der Waals surface area contributed by atoms with Gasteiger partial charge in [-0.05, 0) is 33.5 Å². The Bertz CT molecular complexity index is 629. The van der Waals surface area contributed by atoms with Gasteiger partial charge in [0.25, 0.3) is 0 Å². The number of aromatic nitrogens is 2. The number of methoxy groups -OCH3 is 1. The van der Waals surface area contributed by atoms with Gasteiger partial charge in [-0.3, -0.25) is 0 Å². The molecule has 0 aliphatic heterocycles. The average molecular weight is 350 g/mol. The molecule has 1 heterocycles. The van der Waals surface area contributed by atoms with Crippen LogP contribution in [0.15, 0.2) is 28.7 Å². The molecule has 2 aromatic rings. The van der Waals surface area contributed by atoms with Crippen molar-refractivity contribution in [1.29, 1.82) is 0 Å². The van der Waals surface area contributed by atoms with E-state index in [0.29, 0.717) is 12.5 Å². The van der Waals surface area contributed by atoms with Crippen molar-refractivity contribution >= 4 is 21.7 Å². The number of benzene rings is 1. The molecule has 1 aromatic heterocycles. The molecule has 1 aromatic carbocycles. The van der Waals surface area contributed by atoms with E-state index in [1.807, 2.05) is 25.2 Å². The van der Waals surface area contributed by atoms with Crippen LogP contribution >= 0.6 is 15.9 Å². The summed E-state index contributed by atoms with van der Waals surface area (Å²) in [6.07, 6.45) is 0. The Hall–Kier alpha value is -1.46. The molecule has 4 nitrogen and oxygen atoms in total. The van der Waals surface area contributed by atoms with E-state index in [-0.39, 0.29) is 0 Å². The second-order valence-electron chi connectivity index (χ2n) is 5.13. The smallest absolute Gasteiger partial charge is 0.161 e. The molecular weight excluding hydrogens is 330 g/mol. The van der Waals surface area contributed by atoms with E-state index >= 15 is 0 Å². The van der Waals surface area contributed by atoms with Gasteiger partial charge in [0.05, 0.1) is 16.8 Å². The van der Waals surface area contributed by atoms with E-state index in [9.17, 15) is 0 Å². The summed E-state index contributed by atoms with van der Waals surface area (Å²) in [6.45, 7) is 4.83. The van der Waals surface area contributed by atoms with E-state index in [0.717, 1.165) is 32.9 Å². The van der Waals surface area contributed by atoms with E-state index < -0.39 is 0 Å². The molecule has 0 amide bonds. The standard InChI is InChI=1S/C16H20BrN3O/c1-10(2)14-13(17)16(18-3)20-15(19-14)12-7-5-6-11(8-12)9-21-4/h5-8,10H,9H2,1-4H3,(H,18,19,20). The highest BCUT2D eigenvalue weighted by molar-refractivity contribution is 9.10. The van der Waals surface area contributed by atoms with E-state index in [1.165, 1.54) is 0 Å². The fourth-order valence-corrected chi connectivity index (χ4v) is 2.94. The summed E-state index contributed by atoms with van der Waals surface area (Å²) in [5, 5.41) is 3.12. The lowest BCUT2D eigenvalue weighted by molar-refractivity contribution is 0.185. The maximum atomic E-state index is 5.18. The molecule has 0 bridgehead atoms. The van der Waals surface area contributed by atoms with Gasteiger partial charge in [0, 0.05) is 19.7 Å². The first kappa shape index (κ1) is 15.9. The molecule has 5 heteroatoms. The molecule has 0 saturated heterocycles. The van der Waals surface area contributed by atoms with Gasteiger partial charge in [0.2, 0.25) is 0 Å². The summed E-state index contributed by atoms with van der Waals surface area (Å²) in [7, 11) is 3.56. The molecule has 0 aliphatic carbocycles. The van der Waals surface area contributed by atoms with Crippen LogP contribution in [0, 0.1) is 0 Å². The third-order valence-corrected chi connectivity index (χ3v) is 3.94. The first-order chi connectivity index (χ1) is 10.1. The largest absolute Gasteiger partial charge is 0.380 e. The maximum Gasteiger partial charge on any atom is 0.161 e. The molecule has 0 saturated carbocycles. The molecule has 0 radical (unpaired) electrons. The number of rotatable bonds is 5. The third-order valence-electron chi connectivity index (χ3n) is 3.16. The lowest BCUT2D eigenvalue weighted by Crippen LogP contribution is -2.04. The number of nitrogens with zero attached hydrogens (tertiary/aromatic N) is 2. The van der Waals surface area contributed by atoms with Crippen LogP contribution in [0.2, 0.25) is 0 Å². The molecule has 0 aliphatic rings. The van der Waals surface area contributed by atoms with E-state index in [1.54, 1.807) is 7.11 Å². The normalized spacial score (nSPS) is 11.0. The first-order valence-electron chi connectivity index (χ1n) is 6.90. The maximum absolute atomic E-state index is 5.18. The Labute approximate surface area is 134 Å². The molecular formula is C16H20BrN3O. The highest BCUT2D eigenvalue weighted by Gasteiger charge is 2.15. The number of halogens is 1. The van der Waals surface area contributed by atoms with Gasteiger partial charge in [-0.15, -0.1) is 0 Å². The summed E-state index contributed by atoms with van der Waals surface area (Å²) in [6, 6.07) is 8.12. The van der Waals surface area contributed by atoms with Crippen LogP contribution in [0.3, 0.4) is 0 Å². The quantitative estimate of drug-likeness (QED) is 0.877. The van der Waals surface area contributed by atoms with Gasteiger partial charge in [0.1, 0.15) is 5.82 Å². The summed E-state index contributed by atoms with van der Waals surface area (Å²) in [5.74, 6) is 1.85. The van der Waals surface area contributed by atoms with Gasteiger partial charge >= 0.3 is 0 Å². The molecule has 2 rings (SSSR count). The predicted octanol–water partition coefficient (Wildman–Crippen LogP) is 4.22. The fraction of sp³-hybridized carbons (Fsp3) is 0.375. The van der Waals surface area contributed by atoms with Crippen molar-refractivity contribution in [3.8, 4) is 11.4 Å². The van der Waals surface area contributed by atoms with Gasteiger partial charge in [-0.2, -0.15) is 0 Å². The summed E-state index contributed by atoms with van der Waals surface area (Å²) in [4.78, 5) is 9.31. The van der Waals surface area contributed by atoms with Gasteiger partial charge < -0.3 is 10.1 Å². The summed E-state index contributed by atoms with van der Waals surface area (Å²) >= 11 is 3.58. The highest BCUT2D eigenvalue weighted by Crippen LogP contribution is 2.31. The third kappa shape index (κ3) is 3.60. The highest BCUT2D eigenvalue weighted by atomic mass is 79.9.